The molecule has 0 unspecified atom stereocenters. The number of likely N-dealkylation sites (tertiary alicyclic amines) is 1. The minimum atomic E-state index is -1.52. The zero-order valence-corrected chi connectivity index (χ0v) is 28.5. The maximum atomic E-state index is 15.2. The third-order valence-corrected chi connectivity index (χ3v) is 10.4. The lowest BCUT2D eigenvalue weighted by molar-refractivity contribution is -0.161. The molecule has 0 saturated carbocycles. The molecule has 3 amide bonds. The summed E-state index contributed by atoms with van der Waals surface area (Å²) in [5.74, 6) is -3.44. The van der Waals surface area contributed by atoms with Crippen LogP contribution in [0.3, 0.4) is 0 Å². The first kappa shape index (κ1) is 34.2. The first-order valence-corrected chi connectivity index (χ1v) is 17.3. The van der Waals surface area contributed by atoms with E-state index in [1.165, 1.54) is 4.90 Å². The second kappa shape index (κ2) is 14.2. The molecule has 264 valence electrons. The highest BCUT2D eigenvalue weighted by Gasteiger charge is 2.74. The van der Waals surface area contributed by atoms with Gasteiger partial charge in [0.1, 0.15) is 29.4 Å². The molecule has 8 atom stereocenters. The SMILES string of the molecule is COc1ccc(N2C/C=C\CCC(=O)N[C@H](C)[C@@H](c3ccccc3)OC(=O)[C@@H]3[C@@H]4C=C[C@]5(O4)[C@H](C2=O)N([C@H](CO)c2ccccc2)C(=O)[C@@H]35)cc1. The molecule has 4 aliphatic rings. The van der Waals surface area contributed by atoms with Crippen LogP contribution >= 0.6 is 0 Å². The average Bonchev–Trinajstić information content (AvgIpc) is 3.80. The van der Waals surface area contributed by atoms with Gasteiger partial charge < -0.3 is 34.4 Å². The molecule has 5 bridgehead atoms. The van der Waals surface area contributed by atoms with Crippen molar-refractivity contribution in [2.45, 2.75) is 55.7 Å². The van der Waals surface area contributed by atoms with Gasteiger partial charge in [0.05, 0.1) is 37.8 Å². The van der Waals surface area contributed by atoms with E-state index in [9.17, 15) is 19.5 Å². The Morgan fingerprint density at radius 3 is 2.33 bits per heavy atom. The molecule has 51 heavy (non-hydrogen) atoms. The molecule has 2 saturated heterocycles. The summed E-state index contributed by atoms with van der Waals surface area (Å²) in [6.45, 7) is 1.42. The quantitative estimate of drug-likeness (QED) is 0.292. The number of nitrogens with zero attached hydrogens (tertiary/aromatic N) is 2. The van der Waals surface area contributed by atoms with Gasteiger partial charge in [0, 0.05) is 18.7 Å². The highest BCUT2D eigenvalue weighted by molar-refractivity contribution is 6.05. The molecule has 3 aromatic rings. The van der Waals surface area contributed by atoms with Gasteiger partial charge in [0.15, 0.2) is 0 Å². The topological polar surface area (TPSA) is 135 Å². The zero-order chi connectivity index (χ0) is 35.7. The van der Waals surface area contributed by atoms with E-state index >= 15 is 4.79 Å². The monoisotopic (exact) mass is 691 g/mol. The summed E-state index contributed by atoms with van der Waals surface area (Å²) in [4.78, 5) is 60.5. The summed E-state index contributed by atoms with van der Waals surface area (Å²) in [7, 11) is 1.55. The Kier molecular flexibility index (Phi) is 9.50. The second-order valence-corrected chi connectivity index (χ2v) is 13.3. The second-order valence-electron chi connectivity index (χ2n) is 13.3. The minimum absolute atomic E-state index is 0.117. The molecule has 4 heterocycles. The number of hydrogen-bond acceptors (Lipinski definition) is 8. The molecule has 0 radical (unpaired) electrons. The number of methoxy groups -OCH3 is 1. The number of fused-ring (bicyclic) bond motifs is 2. The lowest BCUT2D eigenvalue weighted by atomic mass is 9.74. The average molecular weight is 692 g/mol. The third-order valence-electron chi connectivity index (χ3n) is 10.4. The van der Waals surface area contributed by atoms with E-state index in [2.05, 4.69) is 5.32 Å². The number of benzene rings is 3. The van der Waals surface area contributed by atoms with Crippen molar-refractivity contribution in [3.63, 3.8) is 0 Å². The van der Waals surface area contributed by atoms with E-state index in [4.69, 9.17) is 14.2 Å². The third kappa shape index (κ3) is 6.10. The van der Waals surface area contributed by atoms with Crippen LogP contribution in [0.15, 0.2) is 109 Å². The molecule has 2 N–H and O–H groups in total. The van der Waals surface area contributed by atoms with Crippen LogP contribution in [0.5, 0.6) is 5.75 Å². The number of anilines is 1. The number of esters is 1. The molecule has 11 heteroatoms. The Bertz CT molecular complexity index is 1830. The normalized spacial score (nSPS) is 30.5. The molecule has 0 aliphatic carbocycles. The fourth-order valence-corrected chi connectivity index (χ4v) is 7.97. The molecule has 4 aliphatic heterocycles. The van der Waals surface area contributed by atoms with Gasteiger partial charge in [-0.25, -0.2) is 0 Å². The van der Waals surface area contributed by atoms with Gasteiger partial charge in [-0.05, 0) is 48.7 Å². The highest BCUT2D eigenvalue weighted by Crippen LogP contribution is 2.57. The van der Waals surface area contributed by atoms with Crippen molar-refractivity contribution in [2.75, 3.05) is 25.2 Å². The summed E-state index contributed by atoms with van der Waals surface area (Å²) in [5.41, 5.74) is 0.333. The molecule has 0 aromatic heterocycles. The van der Waals surface area contributed by atoms with E-state index < -0.39 is 72.2 Å². The number of carbonyl (C=O) groups excluding carboxylic acids is 4. The van der Waals surface area contributed by atoms with E-state index in [1.54, 1.807) is 79.6 Å². The first-order chi connectivity index (χ1) is 24.8. The van der Waals surface area contributed by atoms with E-state index in [1.807, 2.05) is 48.6 Å². The van der Waals surface area contributed by atoms with Gasteiger partial charge in [-0.2, -0.15) is 0 Å². The number of carbonyl (C=O) groups is 4. The molecule has 3 aromatic carbocycles. The highest BCUT2D eigenvalue weighted by atomic mass is 16.6. The fourth-order valence-electron chi connectivity index (χ4n) is 7.97. The Balaban J connectivity index is 1.36. The molecule has 1 spiro atoms. The van der Waals surface area contributed by atoms with E-state index in [0.29, 0.717) is 29.0 Å². The van der Waals surface area contributed by atoms with Crippen LogP contribution in [0.4, 0.5) is 5.69 Å². The molecule has 7 rings (SSSR count). The van der Waals surface area contributed by atoms with Gasteiger partial charge in [0.2, 0.25) is 11.8 Å². The summed E-state index contributed by atoms with van der Waals surface area (Å²) in [5, 5.41) is 13.9. The number of cyclic esters (lactones) is 1. The van der Waals surface area contributed by atoms with Crippen LogP contribution < -0.4 is 15.0 Å². The largest absolute Gasteiger partial charge is 0.497 e. The van der Waals surface area contributed by atoms with Crippen LogP contribution in [0.1, 0.15) is 43.0 Å². The van der Waals surface area contributed by atoms with Crippen molar-refractivity contribution in [1.82, 2.24) is 10.2 Å². The van der Waals surface area contributed by atoms with Gasteiger partial charge in [-0.3, -0.25) is 19.2 Å². The van der Waals surface area contributed by atoms with Crippen molar-refractivity contribution < 1.29 is 38.5 Å². The number of amides is 3. The number of ether oxygens (including phenoxy) is 3. The lowest BCUT2D eigenvalue weighted by Crippen LogP contribution is -2.57. The van der Waals surface area contributed by atoms with Crippen molar-refractivity contribution in [3.8, 4) is 5.75 Å². The maximum absolute atomic E-state index is 15.2. The lowest BCUT2D eigenvalue weighted by Gasteiger charge is -2.39. The van der Waals surface area contributed by atoms with Gasteiger partial charge >= 0.3 is 5.97 Å². The first-order valence-electron chi connectivity index (χ1n) is 17.3. The van der Waals surface area contributed by atoms with Gasteiger partial charge in [0.25, 0.3) is 5.91 Å². The van der Waals surface area contributed by atoms with Gasteiger partial charge in [-0.1, -0.05) is 85.0 Å². The van der Waals surface area contributed by atoms with E-state index in [-0.39, 0.29) is 18.9 Å². The van der Waals surface area contributed by atoms with Crippen LogP contribution in [0.2, 0.25) is 0 Å². The zero-order valence-electron chi connectivity index (χ0n) is 28.5. The Labute approximate surface area is 296 Å². The Morgan fingerprint density at radius 1 is 0.941 bits per heavy atom. The summed E-state index contributed by atoms with van der Waals surface area (Å²) < 4.78 is 18.2. The van der Waals surface area contributed by atoms with Crippen molar-refractivity contribution in [1.29, 1.82) is 0 Å². The standard InChI is InChI=1S/C40H41N3O8/c1-25-35(27-14-8-4-9-15-27)50-39(48)33-31-21-22-40(51-31)34(33)37(46)43(30(24-44)26-12-6-3-7-13-26)36(40)38(47)42(23-11-5-10-16-32(45)41-25)28-17-19-29(49-2)20-18-28/h3-9,11-15,17-22,25,30-31,33-36,44H,10,16,23-24H2,1-2H3,(H,41,45)/b11-5-/t25-,30-,31+,33-,34-,35+,36+,40-/m1/s1. The van der Waals surface area contributed by atoms with Crippen LogP contribution in [-0.4, -0.2) is 77.7 Å². The molecular formula is C40H41N3O8. The number of nitrogens with one attached hydrogen (secondary N) is 1. The van der Waals surface area contributed by atoms with Crippen LogP contribution in [0, 0.1) is 11.8 Å². The fraction of sp³-hybridized carbons (Fsp3) is 0.350. The number of aliphatic hydroxyl groups is 1. The van der Waals surface area contributed by atoms with E-state index in [0.717, 1.165) is 0 Å². The number of hydrogen-bond donors (Lipinski definition) is 2. The molecular weight excluding hydrogens is 650 g/mol. The maximum Gasteiger partial charge on any atom is 0.313 e. The minimum Gasteiger partial charge on any atom is -0.497 e. The summed E-state index contributed by atoms with van der Waals surface area (Å²) in [6.07, 6.45) is 6.01. The smallest absolute Gasteiger partial charge is 0.313 e. The Hall–Kier alpha value is -5.26. The number of aliphatic hydroxyl groups excluding tert-OH is 1. The number of rotatable bonds is 6. The predicted octanol–water partition coefficient (Wildman–Crippen LogP) is 4.05. The van der Waals surface area contributed by atoms with Gasteiger partial charge in [-0.15, -0.1) is 0 Å². The van der Waals surface area contributed by atoms with Crippen molar-refractivity contribution >= 4 is 29.4 Å². The predicted molar refractivity (Wildman–Crippen MR) is 187 cm³/mol. The Morgan fingerprint density at radius 2 is 1.65 bits per heavy atom. The summed E-state index contributed by atoms with van der Waals surface area (Å²) in [6, 6.07) is 22.4. The van der Waals surface area contributed by atoms with Crippen molar-refractivity contribution in [3.05, 3.63) is 120 Å². The van der Waals surface area contributed by atoms with Crippen LogP contribution in [0.25, 0.3) is 0 Å². The molecule has 2 fully saturated rings. The van der Waals surface area contributed by atoms with Crippen LogP contribution in [-0.2, 0) is 28.7 Å². The molecule has 11 nitrogen and oxygen atoms in total. The van der Waals surface area contributed by atoms with Crippen molar-refractivity contribution in [2.24, 2.45) is 11.8 Å². The summed E-state index contributed by atoms with van der Waals surface area (Å²) >= 11 is 0. The number of allylic oxidation sites excluding steroid dienone is 1.